The first-order valence-corrected chi connectivity index (χ1v) is 6.79. The Morgan fingerprint density at radius 2 is 2.00 bits per heavy atom. The van der Waals surface area contributed by atoms with Crippen molar-refractivity contribution in [2.75, 3.05) is 6.61 Å². The van der Waals surface area contributed by atoms with E-state index in [0.29, 0.717) is 6.61 Å². The fourth-order valence-corrected chi connectivity index (χ4v) is 2.41. The number of rotatable bonds is 5. The first-order valence-electron chi connectivity index (χ1n) is 5.97. The smallest absolute Gasteiger partial charge is 0.119 e. The average Bonchev–Trinajstić information content (AvgIpc) is 2.79. The molecule has 1 heterocycles. The summed E-state index contributed by atoms with van der Waals surface area (Å²) in [6.45, 7) is 4.62. The minimum absolute atomic E-state index is 0.309. The van der Waals surface area contributed by atoms with Gasteiger partial charge in [-0.2, -0.15) is 0 Å². The summed E-state index contributed by atoms with van der Waals surface area (Å²) in [6, 6.07) is 9.82. The summed E-state index contributed by atoms with van der Waals surface area (Å²) in [7, 11) is 0. The molecule has 1 aromatic heterocycles. The van der Waals surface area contributed by atoms with Crippen LogP contribution in [0.4, 0.5) is 0 Å². The van der Waals surface area contributed by atoms with Crippen LogP contribution in [0.25, 0.3) is 0 Å². The van der Waals surface area contributed by atoms with Gasteiger partial charge < -0.3 is 10.5 Å². The standard InChI is InChI=1S/C14H18N2OS/c1-14(2,15)12-10-16-13(18-12)8-9-17-11-6-4-3-5-7-11/h3-7,10H,8-9,15H2,1-2H3. The van der Waals surface area contributed by atoms with Crippen LogP contribution in [-0.4, -0.2) is 11.6 Å². The Bertz CT molecular complexity index is 488. The number of benzene rings is 1. The Morgan fingerprint density at radius 1 is 1.28 bits per heavy atom. The maximum Gasteiger partial charge on any atom is 0.119 e. The number of hydrogen-bond donors (Lipinski definition) is 1. The van der Waals surface area contributed by atoms with Crippen molar-refractivity contribution in [2.45, 2.75) is 25.8 Å². The molecule has 3 nitrogen and oxygen atoms in total. The van der Waals surface area contributed by atoms with Gasteiger partial charge in [0, 0.05) is 23.0 Å². The molecule has 0 amide bonds. The highest BCUT2D eigenvalue weighted by molar-refractivity contribution is 7.11. The molecule has 2 N–H and O–H groups in total. The van der Waals surface area contributed by atoms with Crippen LogP contribution in [0.15, 0.2) is 36.5 Å². The predicted octanol–water partition coefficient (Wildman–Crippen LogP) is 2.96. The van der Waals surface area contributed by atoms with Gasteiger partial charge in [-0.1, -0.05) is 18.2 Å². The summed E-state index contributed by atoms with van der Waals surface area (Å²) < 4.78 is 5.64. The molecule has 2 aromatic rings. The van der Waals surface area contributed by atoms with Crippen LogP contribution < -0.4 is 10.5 Å². The molecule has 0 spiro atoms. The third-order valence-corrected chi connectivity index (χ3v) is 3.91. The minimum atomic E-state index is -0.309. The zero-order valence-corrected chi connectivity index (χ0v) is 11.5. The van der Waals surface area contributed by atoms with Gasteiger partial charge in [-0.25, -0.2) is 4.98 Å². The van der Waals surface area contributed by atoms with Crippen molar-refractivity contribution < 1.29 is 4.74 Å². The molecular formula is C14H18N2OS. The third kappa shape index (κ3) is 3.55. The summed E-state index contributed by atoms with van der Waals surface area (Å²) in [6.07, 6.45) is 2.68. The molecule has 0 saturated carbocycles. The number of ether oxygens (including phenoxy) is 1. The van der Waals surface area contributed by atoms with Gasteiger partial charge in [-0.05, 0) is 26.0 Å². The van der Waals surface area contributed by atoms with Crippen LogP contribution in [0, 0.1) is 0 Å². The quantitative estimate of drug-likeness (QED) is 0.901. The minimum Gasteiger partial charge on any atom is -0.493 e. The predicted molar refractivity (Wildman–Crippen MR) is 75.0 cm³/mol. The molecule has 0 aliphatic rings. The van der Waals surface area contributed by atoms with E-state index in [1.54, 1.807) is 11.3 Å². The van der Waals surface area contributed by atoms with Crippen molar-refractivity contribution in [2.24, 2.45) is 5.73 Å². The van der Waals surface area contributed by atoms with Crippen molar-refractivity contribution in [3.63, 3.8) is 0 Å². The number of nitrogens with two attached hydrogens (primary N) is 1. The largest absolute Gasteiger partial charge is 0.493 e. The molecule has 0 saturated heterocycles. The summed E-state index contributed by atoms with van der Waals surface area (Å²) in [5, 5.41) is 1.07. The molecule has 18 heavy (non-hydrogen) atoms. The molecule has 0 atom stereocenters. The van der Waals surface area contributed by atoms with Gasteiger partial charge in [0.1, 0.15) is 5.75 Å². The van der Waals surface area contributed by atoms with Gasteiger partial charge in [0.25, 0.3) is 0 Å². The van der Waals surface area contributed by atoms with E-state index in [0.717, 1.165) is 22.1 Å². The molecule has 0 radical (unpaired) electrons. The van der Waals surface area contributed by atoms with Gasteiger partial charge in [-0.15, -0.1) is 11.3 Å². The van der Waals surface area contributed by atoms with Gasteiger partial charge in [-0.3, -0.25) is 0 Å². The molecule has 0 fully saturated rings. The second kappa shape index (κ2) is 5.50. The Kier molecular flexibility index (Phi) is 3.99. The second-order valence-corrected chi connectivity index (χ2v) is 5.87. The van der Waals surface area contributed by atoms with Crippen LogP contribution in [0.5, 0.6) is 5.75 Å². The second-order valence-electron chi connectivity index (χ2n) is 4.75. The van der Waals surface area contributed by atoms with Crippen molar-refractivity contribution in [1.82, 2.24) is 4.98 Å². The summed E-state index contributed by atoms with van der Waals surface area (Å²) in [5.41, 5.74) is 5.72. The van der Waals surface area contributed by atoms with E-state index >= 15 is 0 Å². The van der Waals surface area contributed by atoms with E-state index in [1.165, 1.54) is 0 Å². The Labute approximate surface area is 112 Å². The van der Waals surface area contributed by atoms with Gasteiger partial charge >= 0.3 is 0 Å². The van der Waals surface area contributed by atoms with Crippen molar-refractivity contribution >= 4 is 11.3 Å². The molecule has 0 bridgehead atoms. The lowest BCUT2D eigenvalue weighted by molar-refractivity contribution is 0.322. The molecule has 4 heteroatoms. The topological polar surface area (TPSA) is 48.1 Å². The van der Waals surface area contributed by atoms with Crippen LogP contribution >= 0.6 is 11.3 Å². The Hall–Kier alpha value is -1.39. The van der Waals surface area contributed by atoms with E-state index in [-0.39, 0.29) is 5.54 Å². The summed E-state index contributed by atoms with van der Waals surface area (Å²) in [4.78, 5) is 5.48. The number of aromatic nitrogens is 1. The third-order valence-electron chi connectivity index (χ3n) is 2.52. The molecule has 0 aliphatic heterocycles. The zero-order valence-electron chi connectivity index (χ0n) is 10.7. The molecule has 96 valence electrons. The van der Waals surface area contributed by atoms with E-state index < -0.39 is 0 Å². The van der Waals surface area contributed by atoms with Crippen molar-refractivity contribution in [3.8, 4) is 5.75 Å². The Morgan fingerprint density at radius 3 is 2.61 bits per heavy atom. The number of nitrogens with zero attached hydrogens (tertiary/aromatic N) is 1. The SMILES string of the molecule is CC(C)(N)c1cnc(CCOc2ccccc2)s1. The lowest BCUT2D eigenvalue weighted by Crippen LogP contribution is -2.27. The van der Waals surface area contributed by atoms with Crippen LogP contribution in [0.2, 0.25) is 0 Å². The number of thiazole rings is 1. The lowest BCUT2D eigenvalue weighted by Gasteiger charge is -2.14. The maximum atomic E-state index is 6.03. The fourth-order valence-electron chi connectivity index (χ4n) is 1.50. The van der Waals surface area contributed by atoms with Gasteiger partial charge in [0.15, 0.2) is 0 Å². The van der Waals surface area contributed by atoms with Crippen molar-refractivity contribution in [3.05, 3.63) is 46.4 Å². The summed E-state index contributed by atoms with van der Waals surface area (Å²) >= 11 is 1.66. The molecular weight excluding hydrogens is 244 g/mol. The van der Waals surface area contributed by atoms with Gasteiger partial charge in [0.2, 0.25) is 0 Å². The highest BCUT2D eigenvalue weighted by Gasteiger charge is 2.17. The van der Waals surface area contributed by atoms with E-state index in [1.807, 2.05) is 50.4 Å². The fraction of sp³-hybridized carbons (Fsp3) is 0.357. The number of para-hydroxylation sites is 1. The first kappa shape index (κ1) is 13.1. The van der Waals surface area contributed by atoms with Gasteiger partial charge in [0.05, 0.1) is 11.6 Å². The molecule has 0 aliphatic carbocycles. The highest BCUT2D eigenvalue weighted by Crippen LogP contribution is 2.24. The average molecular weight is 262 g/mol. The van der Waals surface area contributed by atoms with Crippen LogP contribution in [0.3, 0.4) is 0 Å². The molecule has 2 rings (SSSR count). The zero-order chi connectivity index (χ0) is 13.0. The Balaban J connectivity index is 1.86. The van der Waals surface area contributed by atoms with E-state index in [2.05, 4.69) is 4.98 Å². The summed E-state index contributed by atoms with van der Waals surface area (Å²) in [5.74, 6) is 0.897. The normalized spacial score (nSPS) is 11.5. The number of hydrogen-bond acceptors (Lipinski definition) is 4. The highest BCUT2D eigenvalue weighted by atomic mass is 32.1. The van der Waals surface area contributed by atoms with Crippen molar-refractivity contribution in [1.29, 1.82) is 0 Å². The van der Waals surface area contributed by atoms with Crippen LogP contribution in [-0.2, 0) is 12.0 Å². The monoisotopic (exact) mass is 262 g/mol. The van der Waals surface area contributed by atoms with Crippen LogP contribution in [0.1, 0.15) is 23.7 Å². The molecule has 0 unspecified atom stereocenters. The first-order chi connectivity index (χ1) is 8.55. The molecule has 1 aromatic carbocycles. The lowest BCUT2D eigenvalue weighted by atomic mass is 10.1. The van der Waals surface area contributed by atoms with E-state index in [4.69, 9.17) is 10.5 Å². The van der Waals surface area contributed by atoms with E-state index in [9.17, 15) is 0 Å². The maximum absolute atomic E-state index is 6.03.